The highest BCUT2D eigenvalue weighted by Gasteiger charge is 2.08. The summed E-state index contributed by atoms with van der Waals surface area (Å²) in [6, 6.07) is 12.6. The van der Waals surface area contributed by atoms with Crippen LogP contribution in [-0.4, -0.2) is 24.5 Å². The fourth-order valence-corrected chi connectivity index (χ4v) is 2.46. The van der Waals surface area contributed by atoms with Crippen LogP contribution in [0.2, 0.25) is 0 Å². The van der Waals surface area contributed by atoms with E-state index in [9.17, 15) is 10.1 Å². The lowest BCUT2D eigenvalue weighted by molar-refractivity contribution is -0.384. The third-order valence-electron chi connectivity index (χ3n) is 3.77. The molecule has 0 aliphatic carbocycles. The Kier molecular flexibility index (Phi) is 9.55. The number of nitro benzene ring substituents is 1. The minimum Gasteiger partial charge on any atom is -0.494 e. The first-order valence-electron chi connectivity index (χ1n) is 8.43. The molecular weight excluding hydrogens is 459 g/mol. The van der Waals surface area contributed by atoms with Crippen LogP contribution in [0.3, 0.4) is 0 Å². The normalized spacial score (nSPS) is 10.7. The van der Waals surface area contributed by atoms with E-state index >= 15 is 0 Å². The maximum absolute atomic E-state index is 10.9. The van der Waals surface area contributed by atoms with Crippen LogP contribution in [-0.2, 0) is 13.1 Å². The topological polar surface area (TPSA) is 88.8 Å². The molecule has 0 heterocycles. The van der Waals surface area contributed by atoms with Gasteiger partial charge in [-0.2, -0.15) is 0 Å². The average molecular weight is 484 g/mol. The molecule has 0 saturated carbocycles. The Balaban J connectivity index is 0.00000364. The van der Waals surface area contributed by atoms with Gasteiger partial charge in [0.05, 0.1) is 11.5 Å². The van der Waals surface area contributed by atoms with Crippen LogP contribution in [0.1, 0.15) is 23.6 Å². The molecule has 0 bridgehead atoms. The molecule has 0 amide bonds. The van der Waals surface area contributed by atoms with Crippen molar-refractivity contribution < 1.29 is 9.66 Å². The van der Waals surface area contributed by atoms with E-state index in [1.54, 1.807) is 19.2 Å². The molecule has 2 N–H and O–H groups in total. The van der Waals surface area contributed by atoms with Gasteiger partial charge in [0, 0.05) is 37.8 Å². The molecule has 0 aliphatic rings. The Morgan fingerprint density at radius 3 is 2.59 bits per heavy atom. The van der Waals surface area contributed by atoms with Crippen LogP contribution in [0.15, 0.2) is 47.5 Å². The number of guanidine groups is 1. The summed E-state index contributed by atoms with van der Waals surface area (Å²) >= 11 is 0. The summed E-state index contributed by atoms with van der Waals surface area (Å²) in [5.41, 5.74) is 3.07. The van der Waals surface area contributed by atoms with Gasteiger partial charge in [0.25, 0.3) is 5.69 Å². The molecule has 2 rings (SSSR count). The Bertz CT molecular complexity index is 796. The van der Waals surface area contributed by atoms with Gasteiger partial charge in [-0.05, 0) is 31.0 Å². The SMILES string of the molecule is CCOc1cc(C)ccc1CNC(=NC)NCc1cccc([N+](=O)[O-])c1.I. The maximum Gasteiger partial charge on any atom is 0.269 e. The Morgan fingerprint density at radius 2 is 1.93 bits per heavy atom. The lowest BCUT2D eigenvalue weighted by atomic mass is 10.1. The summed E-state index contributed by atoms with van der Waals surface area (Å²) in [6.07, 6.45) is 0. The predicted molar refractivity (Wildman–Crippen MR) is 118 cm³/mol. The zero-order valence-electron chi connectivity index (χ0n) is 15.7. The number of nitrogens with one attached hydrogen (secondary N) is 2. The zero-order chi connectivity index (χ0) is 18.9. The lowest BCUT2D eigenvalue weighted by Crippen LogP contribution is -2.36. The molecule has 0 unspecified atom stereocenters. The number of nitro groups is 1. The number of non-ortho nitro benzene ring substituents is 1. The van der Waals surface area contributed by atoms with Crippen molar-refractivity contribution in [2.45, 2.75) is 26.9 Å². The van der Waals surface area contributed by atoms with Crippen LogP contribution < -0.4 is 15.4 Å². The minimum atomic E-state index is -0.400. The predicted octanol–water partition coefficient (Wildman–Crippen LogP) is 3.79. The molecule has 2 aromatic carbocycles. The highest BCUT2D eigenvalue weighted by molar-refractivity contribution is 14.0. The molecule has 0 aromatic heterocycles. The van der Waals surface area contributed by atoms with Gasteiger partial charge in [0.2, 0.25) is 0 Å². The first kappa shape index (κ1) is 22.7. The summed E-state index contributed by atoms with van der Waals surface area (Å²) in [5, 5.41) is 17.3. The second-order valence-corrected chi connectivity index (χ2v) is 5.75. The number of hydrogen-bond donors (Lipinski definition) is 2. The molecule has 8 heteroatoms. The van der Waals surface area contributed by atoms with Crippen LogP contribution >= 0.6 is 24.0 Å². The van der Waals surface area contributed by atoms with E-state index in [2.05, 4.69) is 15.6 Å². The highest BCUT2D eigenvalue weighted by atomic mass is 127. The zero-order valence-corrected chi connectivity index (χ0v) is 18.0. The molecule has 0 atom stereocenters. The molecule has 0 aliphatic heterocycles. The van der Waals surface area contributed by atoms with Crippen molar-refractivity contribution in [2.75, 3.05) is 13.7 Å². The summed E-state index contributed by atoms with van der Waals surface area (Å²) < 4.78 is 5.68. The van der Waals surface area contributed by atoms with Crippen LogP contribution in [0.5, 0.6) is 5.75 Å². The van der Waals surface area contributed by atoms with Gasteiger partial charge >= 0.3 is 0 Å². The fourth-order valence-electron chi connectivity index (χ4n) is 2.46. The van der Waals surface area contributed by atoms with Crippen LogP contribution in [0.25, 0.3) is 0 Å². The third-order valence-corrected chi connectivity index (χ3v) is 3.77. The molecule has 0 saturated heterocycles. The largest absolute Gasteiger partial charge is 0.494 e. The van der Waals surface area contributed by atoms with Gasteiger partial charge in [-0.1, -0.05) is 24.3 Å². The van der Waals surface area contributed by atoms with Gasteiger partial charge in [0.1, 0.15) is 5.75 Å². The molecule has 7 nitrogen and oxygen atoms in total. The van der Waals surface area contributed by atoms with Crippen molar-refractivity contribution in [3.05, 3.63) is 69.3 Å². The molecule has 146 valence electrons. The van der Waals surface area contributed by atoms with E-state index in [-0.39, 0.29) is 29.7 Å². The van der Waals surface area contributed by atoms with Crippen molar-refractivity contribution in [3.63, 3.8) is 0 Å². The highest BCUT2D eigenvalue weighted by Crippen LogP contribution is 2.20. The van der Waals surface area contributed by atoms with Crippen molar-refractivity contribution in [1.29, 1.82) is 0 Å². The second-order valence-electron chi connectivity index (χ2n) is 5.75. The molecule has 0 spiro atoms. The fraction of sp³-hybridized carbons (Fsp3) is 0.316. The van der Waals surface area contributed by atoms with E-state index in [1.807, 2.05) is 38.1 Å². The number of ether oxygens (including phenoxy) is 1. The molecule has 0 fully saturated rings. The van der Waals surface area contributed by atoms with Gasteiger partial charge in [-0.3, -0.25) is 15.1 Å². The van der Waals surface area contributed by atoms with Crippen LogP contribution in [0.4, 0.5) is 5.69 Å². The molecule has 0 radical (unpaired) electrons. The average Bonchev–Trinajstić information content (AvgIpc) is 2.63. The number of rotatable bonds is 7. The Labute approximate surface area is 176 Å². The van der Waals surface area contributed by atoms with Gasteiger partial charge in [-0.25, -0.2) is 0 Å². The third kappa shape index (κ3) is 7.05. The summed E-state index contributed by atoms with van der Waals surface area (Å²) in [5.74, 6) is 1.47. The van der Waals surface area contributed by atoms with Gasteiger partial charge in [-0.15, -0.1) is 24.0 Å². The number of aliphatic imine (C=N–C) groups is 1. The van der Waals surface area contributed by atoms with Crippen molar-refractivity contribution in [1.82, 2.24) is 10.6 Å². The standard InChI is InChI=1S/C19H24N4O3.HI/c1-4-26-18-10-14(2)8-9-16(18)13-22-19(20-3)21-12-15-6-5-7-17(11-15)23(24)25;/h5-11H,4,12-13H2,1-3H3,(H2,20,21,22);1H. The second kappa shape index (κ2) is 11.4. The molecule has 2 aromatic rings. The van der Waals surface area contributed by atoms with E-state index in [0.717, 1.165) is 22.4 Å². The molecular formula is C19H25IN4O3. The summed E-state index contributed by atoms with van der Waals surface area (Å²) in [7, 11) is 1.68. The lowest BCUT2D eigenvalue weighted by Gasteiger charge is -2.15. The summed E-state index contributed by atoms with van der Waals surface area (Å²) in [6.45, 7) is 5.59. The minimum absolute atomic E-state index is 0. The first-order valence-corrected chi connectivity index (χ1v) is 8.43. The first-order chi connectivity index (χ1) is 12.5. The quantitative estimate of drug-likeness (QED) is 0.205. The Hall–Kier alpha value is -2.36. The van der Waals surface area contributed by atoms with E-state index in [1.165, 1.54) is 6.07 Å². The number of halogens is 1. The number of benzene rings is 2. The number of aryl methyl sites for hydroxylation is 1. The summed E-state index contributed by atoms with van der Waals surface area (Å²) in [4.78, 5) is 14.6. The molecule has 27 heavy (non-hydrogen) atoms. The van der Waals surface area contributed by atoms with E-state index in [0.29, 0.717) is 25.7 Å². The van der Waals surface area contributed by atoms with Crippen LogP contribution in [0, 0.1) is 17.0 Å². The number of hydrogen-bond acceptors (Lipinski definition) is 4. The smallest absolute Gasteiger partial charge is 0.269 e. The number of nitrogens with zero attached hydrogens (tertiary/aromatic N) is 2. The van der Waals surface area contributed by atoms with Gasteiger partial charge in [0.15, 0.2) is 5.96 Å². The van der Waals surface area contributed by atoms with Gasteiger partial charge < -0.3 is 15.4 Å². The van der Waals surface area contributed by atoms with E-state index < -0.39 is 4.92 Å². The maximum atomic E-state index is 10.9. The van der Waals surface area contributed by atoms with Crippen molar-refractivity contribution in [2.24, 2.45) is 4.99 Å². The van der Waals surface area contributed by atoms with E-state index in [4.69, 9.17) is 4.74 Å². The van der Waals surface area contributed by atoms with Crippen molar-refractivity contribution >= 4 is 35.6 Å². The van der Waals surface area contributed by atoms with Crippen molar-refractivity contribution in [3.8, 4) is 5.75 Å². The Morgan fingerprint density at radius 1 is 1.19 bits per heavy atom. The monoisotopic (exact) mass is 484 g/mol.